The minimum absolute atomic E-state index is 0.0509. The van der Waals surface area contributed by atoms with E-state index < -0.39 is 0 Å². The largest absolute Gasteiger partial charge is 0.353 e. The van der Waals surface area contributed by atoms with E-state index in [1.807, 2.05) is 6.92 Å². The van der Waals surface area contributed by atoms with Gasteiger partial charge in [0.2, 0.25) is 5.91 Å². The first-order valence-corrected chi connectivity index (χ1v) is 5.69. The summed E-state index contributed by atoms with van der Waals surface area (Å²) in [5, 5.41) is 3.08. The van der Waals surface area contributed by atoms with Crippen molar-refractivity contribution in [2.75, 3.05) is 0 Å². The standard InChI is InChI=1S/C11H20N2O/c1-11(7-3-2-4-9(11)12)10(14)13-8-5-6-8/h8-9H,2-7,12H2,1H3,(H,13,14). The van der Waals surface area contributed by atoms with Crippen LogP contribution in [0.5, 0.6) is 0 Å². The molecule has 0 radical (unpaired) electrons. The molecule has 0 aromatic heterocycles. The topological polar surface area (TPSA) is 55.1 Å². The lowest BCUT2D eigenvalue weighted by Crippen LogP contribution is -2.52. The van der Waals surface area contributed by atoms with Crippen molar-refractivity contribution in [1.82, 2.24) is 5.32 Å². The van der Waals surface area contributed by atoms with E-state index in [1.54, 1.807) is 0 Å². The lowest BCUT2D eigenvalue weighted by molar-refractivity contribution is -0.133. The molecule has 0 spiro atoms. The number of carbonyl (C=O) groups excluding carboxylic acids is 1. The van der Waals surface area contributed by atoms with E-state index in [0.717, 1.165) is 32.1 Å². The van der Waals surface area contributed by atoms with Crippen LogP contribution in [0.1, 0.15) is 45.4 Å². The first kappa shape index (κ1) is 9.97. The number of hydrogen-bond acceptors (Lipinski definition) is 2. The van der Waals surface area contributed by atoms with Crippen molar-refractivity contribution in [3.8, 4) is 0 Å². The zero-order chi connectivity index (χ0) is 10.2. The minimum atomic E-state index is -0.305. The van der Waals surface area contributed by atoms with E-state index in [9.17, 15) is 4.79 Å². The Bertz CT molecular complexity index is 237. The molecule has 0 heterocycles. The molecule has 3 N–H and O–H groups in total. The normalized spacial score (nSPS) is 38.0. The van der Waals surface area contributed by atoms with Crippen molar-refractivity contribution < 1.29 is 4.79 Å². The third-order valence-electron chi connectivity index (χ3n) is 3.71. The molecule has 3 heteroatoms. The lowest BCUT2D eigenvalue weighted by atomic mass is 9.71. The molecular formula is C11H20N2O. The number of amides is 1. The molecule has 0 bridgehead atoms. The predicted octanol–water partition coefficient (Wildman–Crippen LogP) is 1.17. The van der Waals surface area contributed by atoms with Crippen LogP contribution in [0.4, 0.5) is 0 Å². The highest BCUT2D eigenvalue weighted by atomic mass is 16.2. The van der Waals surface area contributed by atoms with Crippen LogP contribution in [0.15, 0.2) is 0 Å². The van der Waals surface area contributed by atoms with Gasteiger partial charge in [-0.15, -0.1) is 0 Å². The first-order valence-electron chi connectivity index (χ1n) is 5.69. The molecule has 0 aliphatic heterocycles. The summed E-state index contributed by atoms with van der Waals surface area (Å²) in [5.74, 6) is 0.187. The van der Waals surface area contributed by atoms with Gasteiger partial charge in [0.15, 0.2) is 0 Å². The third-order valence-corrected chi connectivity index (χ3v) is 3.71. The highest BCUT2D eigenvalue weighted by molar-refractivity contribution is 5.83. The quantitative estimate of drug-likeness (QED) is 0.696. The van der Waals surface area contributed by atoms with E-state index in [0.29, 0.717) is 6.04 Å². The van der Waals surface area contributed by atoms with Crippen LogP contribution in [-0.4, -0.2) is 18.0 Å². The first-order chi connectivity index (χ1) is 6.63. The van der Waals surface area contributed by atoms with Gasteiger partial charge in [0.25, 0.3) is 0 Å². The summed E-state index contributed by atoms with van der Waals surface area (Å²) in [6.07, 6.45) is 6.56. The maximum absolute atomic E-state index is 12.0. The molecule has 2 aliphatic rings. The monoisotopic (exact) mass is 196 g/mol. The Hall–Kier alpha value is -0.570. The number of hydrogen-bond donors (Lipinski definition) is 2. The van der Waals surface area contributed by atoms with E-state index in [1.165, 1.54) is 6.42 Å². The molecule has 80 valence electrons. The summed E-state index contributed by atoms with van der Waals surface area (Å²) in [7, 11) is 0. The van der Waals surface area contributed by atoms with Crippen LogP contribution < -0.4 is 11.1 Å². The fourth-order valence-corrected chi connectivity index (χ4v) is 2.22. The maximum Gasteiger partial charge on any atom is 0.227 e. The lowest BCUT2D eigenvalue weighted by Gasteiger charge is -2.37. The van der Waals surface area contributed by atoms with Crippen LogP contribution >= 0.6 is 0 Å². The van der Waals surface area contributed by atoms with Crippen LogP contribution in [0.2, 0.25) is 0 Å². The number of nitrogens with two attached hydrogens (primary N) is 1. The molecule has 0 aromatic carbocycles. The van der Waals surface area contributed by atoms with Crippen molar-refractivity contribution >= 4 is 5.91 Å². The van der Waals surface area contributed by atoms with Gasteiger partial charge < -0.3 is 11.1 Å². The molecule has 2 aliphatic carbocycles. The SMILES string of the molecule is CC1(C(=O)NC2CC2)CCCCC1N. The van der Waals surface area contributed by atoms with Crippen molar-refractivity contribution in [2.45, 2.75) is 57.5 Å². The molecule has 2 fully saturated rings. The van der Waals surface area contributed by atoms with E-state index in [4.69, 9.17) is 5.73 Å². The summed E-state index contributed by atoms with van der Waals surface area (Å²) in [5.41, 5.74) is 5.74. The Balaban J connectivity index is 1.99. The van der Waals surface area contributed by atoms with E-state index in [-0.39, 0.29) is 17.4 Å². The van der Waals surface area contributed by atoms with Gasteiger partial charge in [0.05, 0.1) is 5.41 Å². The van der Waals surface area contributed by atoms with Gasteiger partial charge in [-0.25, -0.2) is 0 Å². The van der Waals surface area contributed by atoms with Gasteiger partial charge in [-0.2, -0.15) is 0 Å². The van der Waals surface area contributed by atoms with E-state index >= 15 is 0 Å². The van der Waals surface area contributed by atoms with Crippen molar-refractivity contribution in [3.63, 3.8) is 0 Å². The number of rotatable bonds is 2. The number of carbonyl (C=O) groups is 1. The van der Waals surface area contributed by atoms with Gasteiger partial charge in [0, 0.05) is 12.1 Å². The molecule has 3 nitrogen and oxygen atoms in total. The Morgan fingerprint density at radius 2 is 2.07 bits per heavy atom. The second-order valence-corrected chi connectivity index (χ2v) is 5.02. The fraction of sp³-hybridized carbons (Fsp3) is 0.909. The fourth-order valence-electron chi connectivity index (χ4n) is 2.22. The molecule has 0 aromatic rings. The zero-order valence-corrected chi connectivity index (χ0v) is 8.88. The highest BCUT2D eigenvalue weighted by Gasteiger charge is 2.42. The molecule has 2 saturated carbocycles. The van der Waals surface area contributed by atoms with Crippen molar-refractivity contribution in [1.29, 1.82) is 0 Å². The Morgan fingerprint density at radius 1 is 1.36 bits per heavy atom. The van der Waals surface area contributed by atoms with Gasteiger partial charge in [-0.05, 0) is 32.6 Å². The van der Waals surface area contributed by atoms with Gasteiger partial charge >= 0.3 is 0 Å². The summed E-state index contributed by atoms with van der Waals surface area (Å²) < 4.78 is 0. The number of nitrogens with one attached hydrogen (secondary N) is 1. The van der Waals surface area contributed by atoms with Gasteiger partial charge in [0.1, 0.15) is 0 Å². The summed E-state index contributed by atoms with van der Waals surface area (Å²) in [4.78, 5) is 12.0. The van der Waals surface area contributed by atoms with Gasteiger partial charge in [-0.3, -0.25) is 4.79 Å². The second kappa shape index (κ2) is 3.54. The second-order valence-electron chi connectivity index (χ2n) is 5.02. The van der Waals surface area contributed by atoms with Crippen LogP contribution in [-0.2, 0) is 4.79 Å². The average molecular weight is 196 g/mol. The smallest absolute Gasteiger partial charge is 0.227 e. The average Bonchev–Trinajstić information content (AvgIpc) is 2.94. The minimum Gasteiger partial charge on any atom is -0.353 e. The molecule has 2 atom stereocenters. The summed E-state index contributed by atoms with van der Waals surface area (Å²) >= 11 is 0. The van der Waals surface area contributed by atoms with Crippen LogP contribution in [0.25, 0.3) is 0 Å². The molecule has 1 amide bonds. The predicted molar refractivity (Wildman–Crippen MR) is 55.7 cm³/mol. The van der Waals surface area contributed by atoms with E-state index in [2.05, 4.69) is 5.32 Å². The molecule has 14 heavy (non-hydrogen) atoms. The molecule has 0 saturated heterocycles. The zero-order valence-electron chi connectivity index (χ0n) is 8.88. The van der Waals surface area contributed by atoms with Crippen LogP contribution in [0.3, 0.4) is 0 Å². The summed E-state index contributed by atoms with van der Waals surface area (Å²) in [6.45, 7) is 2.02. The Morgan fingerprint density at radius 3 is 2.64 bits per heavy atom. The Kier molecular flexibility index (Phi) is 2.52. The highest BCUT2D eigenvalue weighted by Crippen LogP contribution is 2.36. The summed E-state index contributed by atoms with van der Waals surface area (Å²) in [6, 6.07) is 0.503. The third kappa shape index (κ3) is 1.78. The maximum atomic E-state index is 12.0. The Labute approximate surface area is 85.4 Å². The van der Waals surface area contributed by atoms with Crippen molar-refractivity contribution in [3.05, 3.63) is 0 Å². The molecule has 2 unspecified atom stereocenters. The molecule has 2 rings (SSSR count). The molecular weight excluding hydrogens is 176 g/mol. The van der Waals surface area contributed by atoms with Crippen LogP contribution in [0, 0.1) is 5.41 Å². The van der Waals surface area contributed by atoms with Crippen molar-refractivity contribution in [2.24, 2.45) is 11.1 Å². The van der Waals surface area contributed by atoms with Gasteiger partial charge in [-0.1, -0.05) is 12.8 Å².